The van der Waals surface area contributed by atoms with E-state index in [1.54, 1.807) is 11.3 Å². The number of aromatic nitrogens is 1. The number of hydrogen-bond acceptors (Lipinski definition) is 3. The van der Waals surface area contributed by atoms with Gasteiger partial charge in [0.15, 0.2) is 0 Å². The van der Waals surface area contributed by atoms with Crippen molar-refractivity contribution in [2.24, 2.45) is 5.41 Å². The lowest BCUT2D eigenvalue weighted by Crippen LogP contribution is -2.31. The topological polar surface area (TPSA) is 33.1 Å². The van der Waals surface area contributed by atoms with Crippen LogP contribution < -0.4 is 0 Å². The van der Waals surface area contributed by atoms with E-state index in [9.17, 15) is 5.11 Å². The Kier molecular flexibility index (Phi) is 3.12. The molecule has 1 N–H and O–H groups in total. The molecular formula is C15H19NOS. The molecular weight excluding hydrogens is 242 g/mol. The maximum Gasteiger partial charge on any atom is 0.0964 e. The fraction of sp³-hybridized carbons (Fsp3) is 0.533. The second-order valence-corrected chi connectivity index (χ2v) is 6.77. The second kappa shape index (κ2) is 4.63. The van der Waals surface area contributed by atoms with Crippen LogP contribution in [0.1, 0.15) is 37.6 Å². The molecule has 1 aromatic heterocycles. The highest BCUT2D eigenvalue weighted by molar-refractivity contribution is 7.18. The molecule has 1 atom stereocenters. The minimum Gasteiger partial charge on any atom is -0.392 e. The lowest BCUT2D eigenvalue weighted by molar-refractivity contribution is 0.0424. The van der Waals surface area contributed by atoms with E-state index in [0.717, 1.165) is 23.4 Å². The van der Waals surface area contributed by atoms with Gasteiger partial charge < -0.3 is 5.11 Å². The molecule has 1 aliphatic rings. The lowest BCUT2D eigenvalue weighted by atomic mass is 9.81. The Morgan fingerprint density at radius 3 is 2.78 bits per heavy atom. The SMILES string of the molecule is CC1(C(O)Cc2nc3ccccc3s2)CCCC1. The van der Waals surface area contributed by atoms with Crippen molar-refractivity contribution in [1.82, 2.24) is 4.98 Å². The van der Waals surface area contributed by atoms with E-state index in [-0.39, 0.29) is 11.5 Å². The van der Waals surface area contributed by atoms with Crippen molar-refractivity contribution in [3.63, 3.8) is 0 Å². The summed E-state index contributed by atoms with van der Waals surface area (Å²) in [5.74, 6) is 0. The number of hydrogen-bond donors (Lipinski definition) is 1. The second-order valence-electron chi connectivity index (χ2n) is 5.66. The van der Waals surface area contributed by atoms with E-state index in [4.69, 9.17) is 0 Å². The zero-order valence-electron chi connectivity index (χ0n) is 10.7. The number of nitrogens with zero attached hydrogens (tertiary/aromatic N) is 1. The van der Waals surface area contributed by atoms with Crippen LogP contribution in [0.4, 0.5) is 0 Å². The van der Waals surface area contributed by atoms with E-state index in [2.05, 4.69) is 18.0 Å². The molecule has 1 fully saturated rings. The molecule has 1 aromatic carbocycles. The Morgan fingerprint density at radius 1 is 1.33 bits per heavy atom. The van der Waals surface area contributed by atoms with Gasteiger partial charge in [0.1, 0.15) is 0 Å². The fourth-order valence-electron chi connectivity index (χ4n) is 2.93. The lowest BCUT2D eigenvalue weighted by Gasteiger charge is -2.29. The van der Waals surface area contributed by atoms with Gasteiger partial charge >= 0.3 is 0 Å². The number of benzene rings is 1. The number of aliphatic hydroxyl groups is 1. The third-order valence-corrected chi connectivity index (χ3v) is 5.32. The van der Waals surface area contributed by atoms with Gasteiger partial charge in [0, 0.05) is 6.42 Å². The molecule has 2 nitrogen and oxygen atoms in total. The zero-order valence-corrected chi connectivity index (χ0v) is 11.5. The molecule has 96 valence electrons. The van der Waals surface area contributed by atoms with Gasteiger partial charge in [0.05, 0.1) is 21.3 Å². The highest BCUT2D eigenvalue weighted by Gasteiger charge is 2.36. The van der Waals surface area contributed by atoms with Gasteiger partial charge in [-0.25, -0.2) is 4.98 Å². The molecule has 1 aliphatic carbocycles. The van der Waals surface area contributed by atoms with Crippen molar-refractivity contribution in [3.8, 4) is 0 Å². The largest absolute Gasteiger partial charge is 0.392 e. The van der Waals surface area contributed by atoms with Crippen LogP contribution in [0.25, 0.3) is 10.2 Å². The summed E-state index contributed by atoms with van der Waals surface area (Å²) >= 11 is 1.71. The van der Waals surface area contributed by atoms with Crippen molar-refractivity contribution in [1.29, 1.82) is 0 Å². The van der Waals surface area contributed by atoms with Crippen LogP contribution in [0.2, 0.25) is 0 Å². The molecule has 0 radical (unpaired) electrons. The molecule has 0 bridgehead atoms. The first-order valence-corrected chi connectivity index (χ1v) is 7.52. The van der Waals surface area contributed by atoms with Gasteiger partial charge in [-0.3, -0.25) is 0 Å². The molecule has 18 heavy (non-hydrogen) atoms. The Morgan fingerprint density at radius 2 is 2.06 bits per heavy atom. The summed E-state index contributed by atoms with van der Waals surface area (Å²) in [7, 11) is 0. The molecule has 1 unspecified atom stereocenters. The summed E-state index contributed by atoms with van der Waals surface area (Å²) in [5, 5.41) is 11.5. The van der Waals surface area contributed by atoms with E-state index in [1.165, 1.54) is 17.5 Å². The number of thiazole rings is 1. The fourth-order valence-corrected chi connectivity index (χ4v) is 3.94. The van der Waals surface area contributed by atoms with E-state index in [1.807, 2.05) is 18.2 Å². The molecule has 0 amide bonds. The summed E-state index contributed by atoms with van der Waals surface area (Å²) in [5.41, 5.74) is 1.17. The first-order chi connectivity index (χ1) is 8.67. The molecule has 3 heteroatoms. The van der Waals surface area contributed by atoms with Gasteiger partial charge in [-0.1, -0.05) is 31.9 Å². The first kappa shape index (κ1) is 12.1. The number of rotatable bonds is 3. The first-order valence-electron chi connectivity index (χ1n) is 6.70. The van der Waals surface area contributed by atoms with E-state index < -0.39 is 0 Å². The Hall–Kier alpha value is -0.930. The Bertz CT molecular complexity index is 509. The van der Waals surface area contributed by atoms with Gasteiger partial charge in [-0.2, -0.15) is 0 Å². The third-order valence-electron chi connectivity index (χ3n) is 4.26. The molecule has 1 heterocycles. The average Bonchev–Trinajstić information content (AvgIpc) is 2.95. The quantitative estimate of drug-likeness (QED) is 0.912. The van der Waals surface area contributed by atoms with Gasteiger partial charge in [-0.05, 0) is 30.4 Å². The van der Waals surface area contributed by atoms with Crippen molar-refractivity contribution in [2.75, 3.05) is 0 Å². The molecule has 1 saturated carbocycles. The standard InChI is InChI=1S/C15H19NOS/c1-15(8-4-5-9-15)13(17)10-14-16-11-6-2-3-7-12(11)18-14/h2-3,6-7,13,17H,4-5,8-10H2,1H3. The summed E-state index contributed by atoms with van der Waals surface area (Å²) in [6.07, 6.45) is 5.27. The third kappa shape index (κ3) is 2.17. The van der Waals surface area contributed by atoms with E-state index in [0.29, 0.717) is 6.42 Å². The summed E-state index contributed by atoms with van der Waals surface area (Å²) < 4.78 is 1.22. The van der Waals surface area contributed by atoms with Crippen molar-refractivity contribution < 1.29 is 5.11 Å². The normalized spacial score (nSPS) is 20.3. The van der Waals surface area contributed by atoms with Crippen LogP contribution in [0.3, 0.4) is 0 Å². The van der Waals surface area contributed by atoms with Crippen molar-refractivity contribution >= 4 is 21.6 Å². The minimum absolute atomic E-state index is 0.109. The smallest absolute Gasteiger partial charge is 0.0964 e. The summed E-state index contributed by atoms with van der Waals surface area (Å²) in [6.45, 7) is 2.22. The maximum atomic E-state index is 10.5. The van der Waals surface area contributed by atoms with Crippen LogP contribution in [0, 0.1) is 5.41 Å². The maximum absolute atomic E-state index is 10.5. The minimum atomic E-state index is -0.249. The predicted octanol–water partition coefficient (Wildman–Crippen LogP) is 3.78. The highest BCUT2D eigenvalue weighted by Crippen LogP contribution is 2.41. The number of para-hydroxylation sites is 1. The van der Waals surface area contributed by atoms with Gasteiger partial charge in [-0.15, -0.1) is 11.3 Å². The molecule has 0 saturated heterocycles. The molecule has 2 aromatic rings. The molecule has 0 aliphatic heterocycles. The average molecular weight is 261 g/mol. The Balaban J connectivity index is 1.79. The zero-order chi connectivity index (χ0) is 12.6. The van der Waals surface area contributed by atoms with Crippen LogP contribution in [-0.4, -0.2) is 16.2 Å². The van der Waals surface area contributed by atoms with Crippen molar-refractivity contribution in [2.45, 2.75) is 45.1 Å². The summed E-state index contributed by atoms with van der Waals surface area (Å²) in [4.78, 5) is 4.61. The van der Waals surface area contributed by atoms with Crippen LogP contribution in [0.15, 0.2) is 24.3 Å². The van der Waals surface area contributed by atoms with Gasteiger partial charge in [0.25, 0.3) is 0 Å². The van der Waals surface area contributed by atoms with Crippen LogP contribution in [-0.2, 0) is 6.42 Å². The Labute approximate surface area is 112 Å². The number of aliphatic hydroxyl groups excluding tert-OH is 1. The monoisotopic (exact) mass is 261 g/mol. The van der Waals surface area contributed by atoms with Crippen molar-refractivity contribution in [3.05, 3.63) is 29.3 Å². The summed E-state index contributed by atoms with van der Waals surface area (Å²) in [6, 6.07) is 8.19. The van der Waals surface area contributed by atoms with Crippen LogP contribution in [0.5, 0.6) is 0 Å². The molecule has 0 spiro atoms. The molecule has 3 rings (SSSR count). The number of fused-ring (bicyclic) bond motifs is 1. The van der Waals surface area contributed by atoms with Crippen LogP contribution >= 0.6 is 11.3 Å². The highest BCUT2D eigenvalue weighted by atomic mass is 32.1. The van der Waals surface area contributed by atoms with Gasteiger partial charge in [0.2, 0.25) is 0 Å². The van der Waals surface area contributed by atoms with E-state index >= 15 is 0 Å². The predicted molar refractivity (Wildman–Crippen MR) is 75.9 cm³/mol.